The average molecular weight is 686 g/mol. The molecule has 1 saturated carbocycles. The monoisotopic (exact) mass is 685 g/mol. The Kier molecular flexibility index (Phi) is 9.89. The van der Waals surface area contributed by atoms with Crippen molar-refractivity contribution in [1.29, 1.82) is 0 Å². The number of aromatic nitrogens is 4. The number of fused-ring (bicyclic) bond motifs is 2. The standard InChI is InChI=1S/C36H43N7O7/c1-35(2,3)50-34(48)37-28-15-11-6-4-5-8-12-24-21-36(24,33(46)47)38-31(44)29-20-25(22-42(29)32(28)45)43-40-30(39-41-43)23-16-18-27(19-17-23)49-26-13-9-7-10-14-26/h7-10,12-14,16-19,24-25,28-29H,4-6,11,15,20-22H2,1-3H3,(H,37,48)(H,38,44)(H,46,47)/b12-8-/t24-,25+,28-,29-,36+/m0/s1. The number of hydrogen-bond donors (Lipinski definition) is 3. The lowest BCUT2D eigenvalue weighted by atomic mass is 10.0. The zero-order chi connectivity index (χ0) is 35.5. The Labute approximate surface area is 290 Å². The second-order valence-corrected chi connectivity index (χ2v) is 14.1. The molecule has 3 amide bonds. The van der Waals surface area contributed by atoms with Crippen LogP contribution in [0.2, 0.25) is 0 Å². The van der Waals surface area contributed by atoms with Crippen molar-refractivity contribution in [2.24, 2.45) is 5.92 Å². The van der Waals surface area contributed by atoms with Gasteiger partial charge in [-0.1, -0.05) is 43.2 Å². The molecule has 1 aromatic heterocycles. The van der Waals surface area contributed by atoms with E-state index in [1.54, 1.807) is 32.9 Å². The molecule has 0 bridgehead atoms. The highest BCUT2D eigenvalue weighted by Crippen LogP contribution is 2.45. The Morgan fingerprint density at radius 3 is 2.48 bits per heavy atom. The molecule has 3 aromatic rings. The van der Waals surface area contributed by atoms with Gasteiger partial charge in [0.1, 0.15) is 34.7 Å². The number of carboxylic acid groups (broad SMARTS) is 1. The molecule has 5 atom stereocenters. The molecule has 264 valence electrons. The number of rotatable bonds is 6. The average Bonchev–Trinajstić information content (AvgIpc) is 3.37. The minimum Gasteiger partial charge on any atom is -0.479 e. The van der Waals surface area contributed by atoms with Crippen LogP contribution in [0.25, 0.3) is 11.4 Å². The van der Waals surface area contributed by atoms with Crippen LogP contribution in [-0.4, -0.2) is 83.9 Å². The van der Waals surface area contributed by atoms with Crippen LogP contribution in [0.3, 0.4) is 0 Å². The lowest BCUT2D eigenvalue weighted by Crippen LogP contribution is -2.56. The first-order chi connectivity index (χ1) is 23.9. The van der Waals surface area contributed by atoms with E-state index in [0.29, 0.717) is 35.7 Å². The molecule has 3 heterocycles. The summed E-state index contributed by atoms with van der Waals surface area (Å²) in [5, 5.41) is 28.8. The molecule has 0 radical (unpaired) electrons. The van der Waals surface area contributed by atoms with E-state index in [2.05, 4.69) is 26.0 Å². The Morgan fingerprint density at radius 2 is 1.76 bits per heavy atom. The zero-order valence-electron chi connectivity index (χ0n) is 28.4. The van der Waals surface area contributed by atoms with Crippen LogP contribution in [-0.2, 0) is 19.1 Å². The van der Waals surface area contributed by atoms with Crippen molar-refractivity contribution < 1.29 is 33.8 Å². The Morgan fingerprint density at radius 1 is 1.02 bits per heavy atom. The fourth-order valence-electron chi connectivity index (χ4n) is 6.49. The number of carbonyl (C=O) groups is 4. The van der Waals surface area contributed by atoms with E-state index in [0.717, 1.165) is 19.3 Å². The molecule has 3 aliphatic rings. The molecule has 0 unspecified atom stereocenters. The summed E-state index contributed by atoms with van der Waals surface area (Å²) in [4.78, 5) is 56.2. The van der Waals surface area contributed by atoms with Crippen molar-refractivity contribution in [3.05, 3.63) is 66.7 Å². The number of carbonyl (C=O) groups excluding carboxylic acids is 3. The first-order valence-electron chi connectivity index (χ1n) is 17.1. The number of tetrazole rings is 1. The van der Waals surface area contributed by atoms with Gasteiger partial charge in [0.05, 0.1) is 6.04 Å². The van der Waals surface area contributed by atoms with Gasteiger partial charge in [0.15, 0.2) is 0 Å². The zero-order valence-corrected chi connectivity index (χ0v) is 28.4. The summed E-state index contributed by atoms with van der Waals surface area (Å²) in [6, 6.07) is 14.1. The predicted molar refractivity (Wildman–Crippen MR) is 181 cm³/mol. The second kappa shape index (κ2) is 14.3. The van der Waals surface area contributed by atoms with Crippen molar-refractivity contribution in [2.45, 2.75) is 95.0 Å². The van der Waals surface area contributed by atoms with Gasteiger partial charge in [0.25, 0.3) is 0 Å². The van der Waals surface area contributed by atoms with Gasteiger partial charge in [0, 0.05) is 24.4 Å². The van der Waals surface area contributed by atoms with E-state index in [4.69, 9.17) is 9.47 Å². The maximum absolute atomic E-state index is 14.3. The number of nitrogens with one attached hydrogen (secondary N) is 2. The van der Waals surface area contributed by atoms with Crippen LogP contribution < -0.4 is 15.4 Å². The Bertz CT molecular complexity index is 1740. The second-order valence-electron chi connectivity index (χ2n) is 14.1. The van der Waals surface area contributed by atoms with E-state index in [1.165, 1.54) is 9.70 Å². The molecule has 2 aliphatic heterocycles. The molecule has 14 heteroatoms. The summed E-state index contributed by atoms with van der Waals surface area (Å²) in [5.41, 5.74) is -1.53. The first kappa shape index (κ1) is 34.6. The van der Waals surface area contributed by atoms with Crippen LogP contribution >= 0.6 is 0 Å². The molecule has 1 saturated heterocycles. The largest absolute Gasteiger partial charge is 0.479 e. The molecule has 14 nitrogen and oxygen atoms in total. The summed E-state index contributed by atoms with van der Waals surface area (Å²) in [5.74, 6) is -0.821. The van der Waals surface area contributed by atoms with Crippen molar-refractivity contribution in [3.63, 3.8) is 0 Å². The minimum atomic E-state index is -1.44. The molecule has 6 rings (SSSR count). The number of hydrogen-bond acceptors (Lipinski definition) is 9. The normalized spacial score (nSPS) is 26.3. The van der Waals surface area contributed by atoms with Gasteiger partial charge in [-0.15, -0.1) is 10.2 Å². The maximum atomic E-state index is 14.3. The highest BCUT2D eigenvalue weighted by atomic mass is 16.6. The first-order valence-corrected chi connectivity index (χ1v) is 17.1. The molecule has 50 heavy (non-hydrogen) atoms. The van der Waals surface area contributed by atoms with Gasteiger partial charge in [-0.25, -0.2) is 9.59 Å². The number of aliphatic carboxylic acids is 1. The summed E-state index contributed by atoms with van der Waals surface area (Å²) in [7, 11) is 0. The van der Waals surface area contributed by atoms with E-state index >= 15 is 0 Å². The van der Waals surface area contributed by atoms with Gasteiger partial charge in [-0.2, -0.15) is 4.80 Å². The summed E-state index contributed by atoms with van der Waals surface area (Å²) in [6.45, 7) is 5.25. The topological polar surface area (TPSA) is 178 Å². The highest BCUT2D eigenvalue weighted by Gasteiger charge is 2.61. The number of para-hydroxylation sites is 1. The number of ether oxygens (including phenoxy) is 2. The van der Waals surface area contributed by atoms with Crippen molar-refractivity contribution >= 4 is 23.9 Å². The SMILES string of the molecule is CC(C)(C)OC(=O)N[C@H]1CCCCC/C=C\[C@H]2C[C@@]2(C(=O)O)NC(=O)[C@@H]2C[C@@H](n3nnc(-c4ccc(Oc5ccccc5)cc4)n3)CN2C1=O. The summed E-state index contributed by atoms with van der Waals surface area (Å²) < 4.78 is 11.3. The molecular weight excluding hydrogens is 642 g/mol. The quantitative estimate of drug-likeness (QED) is 0.310. The van der Waals surface area contributed by atoms with Crippen molar-refractivity contribution in [1.82, 2.24) is 35.7 Å². The number of carboxylic acids is 1. The molecule has 3 N–H and O–H groups in total. The van der Waals surface area contributed by atoms with Crippen LogP contribution in [0, 0.1) is 5.92 Å². The number of allylic oxidation sites excluding steroid dienone is 1. The van der Waals surface area contributed by atoms with Gasteiger partial charge >= 0.3 is 12.1 Å². The van der Waals surface area contributed by atoms with E-state index in [1.807, 2.05) is 54.6 Å². The third-order valence-electron chi connectivity index (χ3n) is 9.17. The van der Waals surface area contributed by atoms with E-state index in [9.17, 15) is 24.3 Å². The van der Waals surface area contributed by atoms with Crippen molar-refractivity contribution in [2.75, 3.05) is 6.54 Å². The fourth-order valence-corrected chi connectivity index (χ4v) is 6.49. The summed E-state index contributed by atoms with van der Waals surface area (Å²) in [6.07, 6.45) is 6.84. The fraction of sp³-hybridized carbons (Fsp3) is 0.472. The summed E-state index contributed by atoms with van der Waals surface area (Å²) >= 11 is 0. The molecule has 0 spiro atoms. The number of amides is 3. The molecule has 2 fully saturated rings. The molecule has 2 aromatic carbocycles. The number of benzene rings is 2. The van der Waals surface area contributed by atoms with Crippen molar-refractivity contribution in [3.8, 4) is 22.9 Å². The maximum Gasteiger partial charge on any atom is 0.408 e. The molecule has 1 aliphatic carbocycles. The third kappa shape index (κ3) is 7.95. The van der Waals surface area contributed by atoms with Crippen LogP contribution in [0.15, 0.2) is 66.7 Å². The lowest BCUT2D eigenvalue weighted by Gasteiger charge is -2.30. The number of alkyl carbamates (subject to hydrolysis) is 1. The Balaban J connectivity index is 1.24. The molecular formula is C36H43N7O7. The van der Waals surface area contributed by atoms with Crippen LogP contribution in [0.1, 0.15) is 71.8 Å². The smallest absolute Gasteiger partial charge is 0.408 e. The minimum absolute atomic E-state index is 0.0481. The third-order valence-corrected chi connectivity index (χ3v) is 9.17. The van der Waals surface area contributed by atoms with E-state index < -0.39 is 53.1 Å². The van der Waals surface area contributed by atoms with Crippen LogP contribution in [0.5, 0.6) is 11.5 Å². The number of nitrogens with zero attached hydrogens (tertiary/aromatic N) is 5. The predicted octanol–water partition coefficient (Wildman–Crippen LogP) is 4.65. The van der Waals surface area contributed by atoms with Crippen LogP contribution in [0.4, 0.5) is 4.79 Å². The highest BCUT2D eigenvalue weighted by molar-refractivity contribution is 5.96. The van der Waals surface area contributed by atoms with E-state index in [-0.39, 0.29) is 25.3 Å². The lowest BCUT2D eigenvalue weighted by molar-refractivity contribution is -0.145. The van der Waals surface area contributed by atoms with Gasteiger partial charge in [0.2, 0.25) is 17.6 Å². The Hall–Kier alpha value is -5.27. The van der Waals surface area contributed by atoms with Gasteiger partial charge in [-0.3, -0.25) is 9.59 Å². The van der Waals surface area contributed by atoms with Gasteiger partial charge in [-0.05, 0) is 88.1 Å². The van der Waals surface area contributed by atoms with Gasteiger partial charge < -0.3 is 30.1 Å².